The molecule has 0 radical (unpaired) electrons. The summed E-state index contributed by atoms with van der Waals surface area (Å²) < 4.78 is 0. The molecule has 0 atom stereocenters. The fourth-order valence-electron chi connectivity index (χ4n) is 3.20. The van der Waals surface area contributed by atoms with Crippen molar-refractivity contribution in [3.8, 4) is 0 Å². The van der Waals surface area contributed by atoms with E-state index in [0.717, 1.165) is 74.9 Å². The van der Waals surface area contributed by atoms with Gasteiger partial charge in [-0.3, -0.25) is 0 Å². The van der Waals surface area contributed by atoms with E-state index in [2.05, 4.69) is 35.7 Å². The maximum atomic E-state index is 6.83. The summed E-state index contributed by atoms with van der Waals surface area (Å²) in [6, 6.07) is 0. The van der Waals surface area contributed by atoms with E-state index >= 15 is 0 Å². The minimum absolute atomic E-state index is 0.0388. The average Bonchev–Trinajstić information content (AvgIpc) is 2.65. The van der Waals surface area contributed by atoms with Gasteiger partial charge in [0.2, 0.25) is 0 Å². The van der Waals surface area contributed by atoms with Crippen molar-refractivity contribution < 1.29 is 0 Å². The van der Waals surface area contributed by atoms with Gasteiger partial charge in [0.25, 0.3) is 0 Å². The van der Waals surface area contributed by atoms with Crippen LogP contribution in [0.3, 0.4) is 0 Å². The Kier molecular flexibility index (Phi) is 13.9. The molecule has 0 bridgehead atoms. The highest BCUT2D eigenvalue weighted by molar-refractivity contribution is 4.92. The van der Waals surface area contributed by atoms with Crippen LogP contribution in [0.1, 0.15) is 77.0 Å². The zero-order chi connectivity index (χ0) is 19.8. The van der Waals surface area contributed by atoms with Crippen molar-refractivity contribution in [3.63, 3.8) is 0 Å². The largest absolute Gasteiger partial charge is 0.392 e. The predicted molar refractivity (Wildman–Crippen MR) is 117 cm³/mol. The van der Waals surface area contributed by atoms with Gasteiger partial charge in [0.05, 0.1) is 0 Å². The van der Waals surface area contributed by atoms with E-state index in [9.17, 15) is 0 Å². The first-order valence-electron chi connectivity index (χ1n) is 10.2. The first-order valence-corrected chi connectivity index (χ1v) is 10.2. The molecule has 0 aromatic heterocycles. The Balaban J connectivity index is 4.32. The summed E-state index contributed by atoms with van der Waals surface area (Å²) in [6.07, 6.45) is 13.4. The molecule has 0 aliphatic carbocycles. The van der Waals surface area contributed by atoms with Crippen molar-refractivity contribution in [2.75, 3.05) is 21.1 Å². The zero-order valence-electron chi connectivity index (χ0n) is 17.7. The molecule has 5 N–H and O–H groups in total. The summed E-state index contributed by atoms with van der Waals surface area (Å²) in [4.78, 5) is 0. The fourth-order valence-corrected chi connectivity index (χ4v) is 3.20. The van der Waals surface area contributed by atoms with E-state index in [-0.39, 0.29) is 5.54 Å². The monoisotopic (exact) mass is 364 g/mol. The lowest BCUT2D eigenvalue weighted by molar-refractivity contribution is 0.307. The number of nitrogens with one attached hydrogen (secondary N) is 3. The quantitative estimate of drug-likeness (QED) is 0.269. The molecule has 0 heterocycles. The van der Waals surface area contributed by atoms with Crippen molar-refractivity contribution in [2.24, 2.45) is 5.73 Å². The van der Waals surface area contributed by atoms with Crippen LogP contribution in [0.15, 0.2) is 36.8 Å². The molecule has 26 heavy (non-hydrogen) atoms. The third kappa shape index (κ3) is 12.9. The highest BCUT2D eigenvalue weighted by Gasteiger charge is 2.23. The molecule has 0 rings (SSSR count). The van der Waals surface area contributed by atoms with E-state index < -0.39 is 0 Å². The Morgan fingerprint density at radius 2 is 0.885 bits per heavy atom. The Hall–Kier alpha value is -1.42. The van der Waals surface area contributed by atoms with E-state index in [4.69, 9.17) is 5.73 Å². The molecule has 4 heteroatoms. The lowest BCUT2D eigenvalue weighted by atomic mass is 9.83. The van der Waals surface area contributed by atoms with E-state index in [1.165, 1.54) is 19.3 Å². The number of hydrogen-bond donors (Lipinski definition) is 4. The minimum atomic E-state index is -0.0388. The minimum Gasteiger partial charge on any atom is -0.392 e. The van der Waals surface area contributed by atoms with Crippen LogP contribution in [0.2, 0.25) is 0 Å². The number of nitrogens with two attached hydrogens (primary N) is 1. The normalized spacial score (nSPS) is 11.1. The van der Waals surface area contributed by atoms with Crippen LogP contribution in [-0.4, -0.2) is 26.7 Å². The van der Waals surface area contributed by atoms with Gasteiger partial charge in [-0.15, -0.1) is 0 Å². The van der Waals surface area contributed by atoms with Gasteiger partial charge in [-0.05, 0) is 57.8 Å². The smallest absolute Gasteiger partial charge is 0.0154 e. The van der Waals surface area contributed by atoms with Crippen LogP contribution in [-0.2, 0) is 0 Å². The van der Waals surface area contributed by atoms with Gasteiger partial charge in [0.1, 0.15) is 0 Å². The van der Waals surface area contributed by atoms with Gasteiger partial charge in [-0.1, -0.05) is 39.0 Å². The molecule has 4 nitrogen and oxygen atoms in total. The maximum Gasteiger partial charge on any atom is 0.0154 e. The zero-order valence-corrected chi connectivity index (χ0v) is 17.7. The summed E-state index contributed by atoms with van der Waals surface area (Å²) in [5.41, 5.74) is 10.1. The second-order valence-corrected chi connectivity index (χ2v) is 7.54. The van der Waals surface area contributed by atoms with Crippen LogP contribution < -0.4 is 21.7 Å². The van der Waals surface area contributed by atoms with E-state index in [1.54, 1.807) is 0 Å². The van der Waals surface area contributed by atoms with Crippen LogP contribution in [0, 0.1) is 0 Å². The van der Waals surface area contributed by atoms with Crippen molar-refractivity contribution >= 4 is 0 Å². The predicted octanol–water partition coefficient (Wildman–Crippen LogP) is 4.56. The Morgan fingerprint density at radius 1 is 0.615 bits per heavy atom. The van der Waals surface area contributed by atoms with Crippen LogP contribution in [0.25, 0.3) is 0 Å². The molecule has 0 saturated carbocycles. The average molecular weight is 365 g/mol. The molecule has 0 spiro atoms. The molecule has 0 unspecified atom stereocenters. The van der Waals surface area contributed by atoms with Gasteiger partial charge in [0, 0.05) is 43.8 Å². The first-order chi connectivity index (χ1) is 12.4. The summed E-state index contributed by atoms with van der Waals surface area (Å²) in [5.74, 6) is 0. The Labute approximate surface area is 162 Å². The molecule has 0 aliphatic rings. The number of unbranched alkanes of at least 4 members (excludes halogenated alkanes) is 3. The van der Waals surface area contributed by atoms with Crippen molar-refractivity contribution in [1.29, 1.82) is 0 Å². The van der Waals surface area contributed by atoms with Gasteiger partial charge < -0.3 is 21.7 Å². The van der Waals surface area contributed by atoms with Crippen LogP contribution >= 0.6 is 0 Å². The van der Waals surface area contributed by atoms with Crippen molar-refractivity contribution in [1.82, 2.24) is 16.0 Å². The number of allylic oxidation sites excluding steroid dienone is 3. The van der Waals surface area contributed by atoms with Gasteiger partial charge >= 0.3 is 0 Å². The summed E-state index contributed by atoms with van der Waals surface area (Å²) >= 11 is 0. The number of rotatable bonds is 18. The molecule has 0 aromatic rings. The summed E-state index contributed by atoms with van der Waals surface area (Å²) in [6.45, 7) is 12.0. The third-order valence-electron chi connectivity index (χ3n) is 5.27. The molecule has 0 fully saturated rings. The number of hydrogen-bond acceptors (Lipinski definition) is 4. The SMILES string of the molecule is C=C(CCCCC(N)(CCCCC(=C)NC)CCCCC(=C)NC)NC. The molecule has 0 aromatic carbocycles. The molecule has 0 aliphatic heterocycles. The van der Waals surface area contributed by atoms with Gasteiger partial charge in [0.15, 0.2) is 0 Å². The van der Waals surface area contributed by atoms with Gasteiger partial charge in [-0.2, -0.15) is 0 Å². The fraction of sp³-hybridized carbons (Fsp3) is 0.727. The lowest BCUT2D eigenvalue weighted by Gasteiger charge is -2.30. The van der Waals surface area contributed by atoms with Crippen molar-refractivity contribution in [3.05, 3.63) is 36.8 Å². The van der Waals surface area contributed by atoms with Crippen LogP contribution in [0.4, 0.5) is 0 Å². The lowest BCUT2D eigenvalue weighted by Crippen LogP contribution is -2.39. The van der Waals surface area contributed by atoms with Crippen molar-refractivity contribution in [2.45, 2.75) is 82.6 Å². The van der Waals surface area contributed by atoms with E-state index in [1.807, 2.05) is 21.1 Å². The first kappa shape index (κ1) is 24.6. The standard InChI is InChI=1S/C22H44N4/c1-19(24-4)13-7-10-16-22(23,17-11-8-14-20(2)25-5)18-12-9-15-21(3)26-6/h24-26H,1-3,7-18,23H2,4-6H3. The molecular formula is C22H44N4. The highest BCUT2D eigenvalue weighted by Crippen LogP contribution is 2.26. The molecular weight excluding hydrogens is 320 g/mol. The second kappa shape index (κ2) is 14.7. The summed E-state index contributed by atoms with van der Waals surface area (Å²) in [5, 5.41) is 9.37. The van der Waals surface area contributed by atoms with Crippen LogP contribution in [0.5, 0.6) is 0 Å². The summed E-state index contributed by atoms with van der Waals surface area (Å²) in [7, 11) is 5.81. The maximum absolute atomic E-state index is 6.83. The highest BCUT2D eigenvalue weighted by atomic mass is 14.8. The van der Waals surface area contributed by atoms with Gasteiger partial charge in [-0.25, -0.2) is 0 Å². The second-order valence-electron chi connectivity index (χ2n) is 7.54. The Morgan fingerprint density at radius 3 is 1.12 bits per heavy atom. The molecule has 0 saturated heterocycles. The third-order valence-corrected chi connectivity index (χ3v) is 5.27. The van der Waals surface area contributed by atoms with E-state index in [0.29, 0.717) is 0 Å². The Bertz CT molecular complexity index is 355. The topological polar surface area (TPSA) is 62.1 Å². The molecule has 152 valence electrons. The molecule has 0 amide bonds.